The topological polar surface area (TPSA) is 58.6 Å². The summed E-state index contributed by atoms with van der Waals surface area (Å²) in [6, 6.07) is 5.62. The van der Waals surface area contributed by atoms with E-state index in [1.54, 1.807) is 13.2 Å². The Balaban J connectivity index is 3.00. The number of amides is 1. The van der Waals surface area contributed by atoms with Crippen LogP contribution < -0.4 is 10.1 Å². The molecule has 4 heteroatoms. The standard InChI is InChI=1S/C14H21NO3/c1-9(2)10-6-7-11(12(8-10)18-5)15-13(16)14(3,4)17/h6-9,17H,1-5H3,(H,15,16). The number of carbonyl (C=O) groups is 1. The van der Waals surface area contributed by atoms with Crippen molar-refractivity contribution in [1.29, 1.82) is 0 Å². The molecule has 0 saturated heterocycles. The van der Waals surface area contributed by atoms with Crippen molar-refractivity contribution >= 4 is 11.6 Å². The smallest absolute Gasteiger partial charge is 0.255 e. The van der Waals surface area contributed by atoms with Gasteiger partial charge in [0.25, 0.3) is 5.91 Å². The predicted octanol–water partition coefficient (Wildman–Crippen LogP) is 2.53. The van der Waals surface area contributed by atoms with Crippen LogP contribution in [0.2, 0.25) is 0 Å². The molecular weight excluding hydrogens is 230 g/mol. The van der Waals surface area contributed by atoms with Crippen LogP contribution in [-0.4, -0.2) is 23.7 Å². The molecule has 4 nitrogen and oxygen atoms in total. The Morgan fingerprint density at radius 2 is 2.00 bits per heavy atom. The maximum atomic E-state index is 11.7. The quantitative estimate of drug-likeness (QED) is 0.864. The van der Waals surface area contributed by atoms with Gasteiger partial charge in [-0.25, -0.2) is 0 Å². The molecule has 1 aromatic rings. The molecule has 0 bridgehead atoms. The van der Waals surface area contributed by atoms with Crippen molar-refractivity contribution in [1.82, 2.24) is 0 Å². The summed E-state index contributed by atoms with van der Waals surface area (Å²) in [5, 5.41) is 12.3. The number of hydrogen-bond donors (Lipinski definition) is 2. The molecule has 1 aromatic carbocycles. The Morgan fingerprint density at radius 1 is 1.39 bits per heavy atom. The van der Waals surface area contributed by atoms with Crippen molar-refractivity contribution in [2.24, 2.45) is 0 Å². The fraction of sp³-hybridized carbons (Fsp3) is 0.500. The van der Waals surface area contributed by atoms with Crippen molar-refractivity contribution in [2.75, 3.05) is 12.4 Å². The number of methoxy groups -OCH3 is 1. The summed E-state index contributed by atoms with van der Waals surface area (Å²) < 4.78 is 5.25. The third-order valence-electron chi connectivity index (χ3n) is 2.70. The Kier molecular flexibility index (Phi) is 4.35. The van der Waals surface area contributed by atoms with Crippen LogP contribution in [-0.2, 0) is 4.79 Å². The zero-order chi connectivity index (χ0) is 13.9. The summed E-state index contributed by atoms with van der Waals surface area (Å²) >= 11 is 0. The molecule has 2 N–H and O–H groups in total. The average Bonchev–Trinajstić information content (AvgIpc) is 2.27. The van der Waals surface area contributed by atoms with Crippen LogP contribution in [0.25, 0.3) is 0 Å². The highest BCUT2D eigenvalue weighted by molar-refractivity contribution is 5.97. The Bertz CT molecular complexity index is 433. The molecule has 0 spiro atoms. The van der Waals surface area contributed by atoms with Crippen molar-refractivity contribution in [3.63, 3.8) is 0 Å². The lowest BCUT2D eigenvalue weighted by atomic mass is 10.0. The predicted molar refractivity (Wildman–Crippen MR) is 72.0 cm³/mol. The Hall–Kier alpha value is -1.55. The number of hydrogen-bond acceptors (Lipinski definition) is 3. The molecule has 1 rings (SSSR count). The number of carbonyl (C=O) groups excluding carboxylic acids is 1. The van der Waals surface area contributed by atoms with Gasteiger partial charge in [0, 0.05) is 0 Å². The van der Waals surface area contributed by atoms with Gasteiger partial charge < -0.3 is 15.2 Å². The van der Waals surface area contributed by atoms with E-state index in [9.17, 15) is 9.90 Å². The summed E-state index contributed by atoms with van der Waals surface area (Å²) in [5.41, 5.74) is 0.281. The molecule has 100 valence electrons. The lowest BCUT2D eigenvalue weighted by molar-refractivity contribution is -0.130. The molecule has 0 aromatic heterocycles. The number of ether oxygens (including phenoxy) is 1. The van der Waals surface area contributed by atoms with Crippen LogP contribution in [0.5, 0.6) is 5.75 Å². The van der Waals surface area contributed by atoms with Gasteiger partial charge in [0.05, 0.1) is 12.8 Å². The lowest BCUT2D eigenvalue weighted by Crippen LogP contribution is -2.36. The van der Waals surface area contributed by atoms with Gasteiger partial charge in [-0.3, -0.25) is 4.79 Å². The van der Waals surface area contributed by atoms with Crippen LogP contribution in [0.15, 0.2) is 18.2 Å². The highest BCUT2D eigenvalue weighted by atomic mass is 16.5. The highest BCUT2D eigenvalue weighted by Crippen LogP contribution is 2.29. The van der Waals surface area contributed by atoms with E-state index in [0.29, 0.717) is 17.4 Å². The summed E-state index contributed by atoms with van der Waals surface area (Å²) in [7, 11) is 1.55. The first-order valence-electron chi connectivity index (χ1n) is 5.97. The summed E-state index contributed by atoms with van der Waals surface area (Å²) in [4.78, 5) is 11.7. The van der Waals surface area contributed by atoms with Gasteiger partial charge in [-0.1, -0.05) is 19.9 Å². The van der Waals surface area contributed by atoms with Crippen molar-refractivity contribution < 1.29 is 14.6 Å². The number of aliphatic hydroxyl groups is 1. The third kappa shape index (κ3) is 3.47. The van der Waals surface area contributed by atoms with Gasteiger partial charge >= 0.3 is 0 Å². The molecule has 0 heterocycles. The van der Waals surface area contributed by atoms with E-state index in [2.05, 4.69) is 19.2 Å². The number of rotatable bonds is 4. The van der Waals surface area contributed by atoms with E-state index in [-0.39, 0.29) is 0 Å². The first-order valence-corrected chi connectivity index (χ1v) is 5.97. The monoisotopic (exact) mass is 251 g/mol. The van der Waals surface area contributed by atoms with E-state index in [1.165, 1.54) is 13.8 Å². The molecule has 18 heavy (non-hydrogen) atoms. The van der Waals surface area contributed by atoms with Crippen LogP contribution in [0.1, 0.15) is 39.2 Å². The van der Waals surface area contributed by atoms with Gasteiger partial charge in [0.2, 0.25) is 0 Å². The molecule has 1 amide bonds. The van der Waals surface area contributed by atoms with E-state index in [1.807, 2.05) is 12.1 Å². The van der Waals surface area contributed by atoms with E-state index >= 15 is 0 Å². The average molecular weight is 251 g/mol. The summed E-state index contributed by atoms with van der Waals surface area (Å²) in [6.45, 7) is 7.06. The molecule has 0 fully saturated rings. The second kappa shape index (κ2) is 5.40. The van der Waals surface area contributed by atoms with Crippen molar-refractivity contribution in [3.05, 3.63) is 23.8 Å². The molecule has 0 saturated carbocycles. The summed E-state index contributed by atoms with van der Waals surface area (Å²) in [6.07, 6.45) is 0. The van der Waals surface area contributed by atoms with Crippen LogP contribution >= 0.6 is 0 Å². The van der Waals surface area contributed by atoms with Crippen LogP contribution in [0.3, 0.4) is 0 Å². The van der Waals surface area contributed by atoms with Crippen molar-refractivity contribution in [2.45, 2.75) is 39.2 Å². The van der Waals surface area contributed by atoms with Gasteiger partial charge in [0.15, 0.2) is 0 Å². The molecule has 0 aliphatic heterocycles. The first-order chi connectivity index (χ1) is 8.25. The molecule has 0 radical (unpaired) electrons. The second-order valence-corrected chi connectivity index (χ2v) is 5.13. The van der Waals surface area contributed by atoms with Crippen LogP contribution in [0.4, 0.5) is 5.69 Å². The fourth-order valence-electron chi connectivity index (χ4n) is 1.45. The first kappa shape index (κ1) is 14.5. The Labute approximate surface area is 108 Å². The summed E-state index contributed by atoms with van der Waals surface area (Å²) in [5.74, 6) is 0.523. The van der Waals surface area contributed by atoms with Gasteiger partial charge in [-0.2, -0.15) is 0 Å². The normalized spacial score (nSPS) is 11.5. The highest BCUT2D eigenvalue weighted by Gasteiger charge is 2.24. The SMILES string of the molecule is COc1cc(C(C)C)ccc1NC(=O)C(C)(C)O. The third-order valence-corrected chi connectivity index (χ3v) is 2.70. The van der Waals surface area contributed by atoms with E-state index in [0.717, 1.165) is 5.56 Å². The van der Waals surface area contributed by atoms with Crippen LogP contribution in [0, 0.1) is 0 Å². The maximum Gasteiger partial charge on any atom is 0.255 e. The lowest BCUT2D eigenvalue weighted by Gasteiger charge is -2.19. The number of benzene rings is 1. The van der Waals surface area contributed by atoms with Gasteiger partial charge in [-0.05, 0) is 37.5 Å². The maximum absolute atomic E-state index is 11.7. The number of anilines is 1. The van der Waals surface area contributed by atoms with E-state index in [4.69, 9.17) is 4.74 Å². The second-order valence-electron chi connectivity index (χ2n) is 5.13. The zero-order valence-corrected chi connectivity index (χ0v) is 11.6. The fourth-order valence-corrected chi connectivity index (χ4v) is 1.45. The minimum Gasteiger partial charge on any atom is -0.495 e. The zero-order valence-electron chi connectivity index (χ0n) is 11.6. The van der Waals surface area contributed by atoms with E-state index < -0.39 is 11.5 Å². The van der Waals surface area contributed by atoms with Crippen molar-refractivity contribution in [3.8, 4) is 5.75 Å². The molecule has 0 atom stereocenters. The molecule has 0 aliphatic rings. The number of nitrogens with one attached hydrogen (secondary N) is 1. The Morgan fingerprint density at radius 3 is 2.44 bits per heavy atom. The minimum absolute atomic E-state index is 0.387. The van der Waals surface area contributed by atoms with Gasteiger partial charge in [0.1, 0.15) is 11.4 Å². The van der Waals surface area contributed by atoms with Gasteiger partial charge in [-0.15, -0.1) is 0 Å². The molecule has 0 unspecified atom stereocenters. The largest absolute Gasteiger partial charge is 0.495 e. The molecular formula is C14H21NO3. The minimum atomic E-state index is -1.41. The molecule has 0 aliphatic carbocycles.